The summed E-state index contributed by atoms with van der Waals surface area (Å²) in [6.07, 6.45) is 3.11. The van der Waals surface area contributed by atoms with Crippen molar-refractivity contribution in [2.24, 2.45) is 0 Å². The second-order valence-corrected chi connectivity index (χ2v) is 9.33. The van der Waals surface area contributed by atoms with Crippen molar-refractivity contribution in [1.29, 1.82) is 0 Å². The van der Waals surface area contributed by atoms with Crippen LogP contribution in [0.25, 0.3) is 21.5 Å². The van der Waals surface area contributed by atoms with Crippen molar-refractivity contribution >= 4 is 56.8 Å². The number of amides is 1. The van der Waals surface area contributed by atoms with E-state index < -0.39 is 17.8 Å². The van der Waals surface area contributed by atoms with E-state index >= 15 is 0 Å². The lowest BCUT2D eigenvalue weighted by molar-refractivity contribution is -0.113. The standard InChI is InChI=1S/C25H21N3O7S2/c1-4-7-28-22(30)20-17(18-6-5-8-35-18)12-36-21(20)27-25(28)37-13-19(29)26-16-10-14(23(31)33-2)9-15(11-16)24(32)34-3/h4-6,8-12H,1,7,13H2,2-3H3,(H,26,29). The van der Waals surface area contributed by atoms with Gasteiger partial charge in [-0.05, 0) is 30.3 Å². The van der Waals surface area contributed by atoms with E-state index in [9.17, 15) is 19.2 Å². The number of hydrogen-bond donors (Lipinski definition) is 1. The molecular weight excluding hydrogens is 518 g/mol. The SMILES string of the molecule is C=CCn1c(SCC(=O)Nc2cc(C(=O)OC)cc(C(=O)OC)c2)nc2scc(-c3ccco3)c2c1=O. The zero-order chi connectivity index (χ0) is 26.5. The minimum atomic E-state index is -0.675. The fraction of sp³-hybridized carbons (Fsp3) is 0.160. The number of furan rings is 1. The number of thioether (sulfide) groups is 1. The van der Waals surface area contributed by atoms with E-state index in [0.717, 1.165) is 11.8 Å². The molecule has 3 aromatic heterocycles. The highest BCUT2D eigenvalue weighted by molar-refractivity contribution is 7.99. The number of allylic oxidation sites excluding steroid dienone is 1. The topological polar surface area (TPSA) is 130 Å². The molecule has 0 saturated carbocycles. The zero-order valence-corrected chi connectivity index (χ0v) is 21.4. The summed E-state index contributed by atoms with van der Waals surface area (Å²) < 4.78 is 16.3. The maximum absolute atomic E-state index is 13.4. The zero-order valence-electron chi connectivity index (χ0n) is 19.8. The van der Waals surface area contributed by atoms with Crippen LogP contribution in [0.1, 0.15) is 20.7 Å². The van der Waals surface area contributed by atoms with Crippen LogP contribution < -0.4 is 10.9 Å². The fourth-order valence-corrected chi connectivity index (χ4v) is 5.29. The van der Waals surface area contributed by atoms with Crippen molar-refractivity contribution in [3.8, 4) is 11.3 Å². The van der Waals surface area contributed by atoms with Gasteiger partial charge in [-0.15, -0.1) is 17.9 Å². The molecule has 0 bridgehead atoms. The molecule has 1 aromatic carbocycles. The molecule has 3 heterocycles. The molecule has 0 aliphatic heterocycles. The Kier molecular flexibility index (Phi) is 7.89. The maximum atomic E-state index is 13.4. The summed E-state index contributed by atoms with van der Waals surface area (Å²) in [4.78, 5) is 55.2. The lowest BCUT2D eigenvalue weighted by Crippen LogP contribution is -2.23. The van der Waals surface area contributed by atoms with E-state index in [2.05, 4.69) is 16.9 Å². The van der Waals surface area contributed by atoms with Crippen LogP contribution in [0.4, 0.5) is 5.69 Å². The smallest absolute Gasteiger partial charge is 0.337 e. The molecule has 0 aliphatic rings. The van der Waals surface area contributed by atoms with Crippen LogP contribution in [0.2, 0.25) is 0 Å². The number of methoxy groups -OCH3 is 2. The number of nitrogens with one attached hydrogen (secondary N) is 1. The van der Waals surface area contributed by atoms with E-state index in [1.807, 2.05) is 5.38 Å². The Hall–Kier alpha value is -4.16. The minimum absolute atomic E-state index is 0.0744. The molecule has 1 N–H and O–H groups in total. The van der Waals surface area contributed by atoms with Crippen molar-refractivity contribution in [2.75, 3.05) is 25.3 Å². The number of ether oxygens (including phenoxy) is 2. The Morgan fingerprint density at radius 1 is 1.19 bits per heavy atom. The second-order valence-electron chi connectivity index (χ2n) is 7.52. The molecule has 10 nitrogen and oxygen atoms in total. The summed E-state index contributed by atoms with van der Waals surface area (Å²) in [6, 6.07) is 7.60. The Morgan fingerprint density at radius 3 is 2.49 bits per heavy atom. The van der Waals surface area contributed by atoms with Crippen molar-refractivity contribution in [3.63, 3.8) is 0 Å². The first-order valence-electron chi connectivity index (χ1n) is 10.8. The fourth-order valence-electron chi connectivity index (χ4n) is 3.52. The summed E-state index contributed by atoms with van der Waals surface area (Å²) in [5, 5.41) is 5.25. The van der Waals surface area contributed by atoms with Crippen LogP contribution in [0.5, 0.6) is 0 Å². The minimum Gasteiger partial charge on any atom is -0.465 e. The first kappa shape index (κ1) is 25.9. The molecule has 190 valence electrons. The summed E-state index contributed by atoms with van der Waals surface area (Å²) in [5.41, 5.74) is 0.744. The van der Waals surface area contributed by atoms with Gasteiger partial charge in [-0.3, -0.25) is 14.2 Å². The van der Waals surface area contributed by atoms with Gasteiger partial charge in [0.2, 0.25) is 5.91 Å². The normalized spacial score (nSPS) is 10.8. The van der Waals surface area contributed by atoms with Gasteiger partial charge in [0.25, 0.3) is 5.56 Å². The predicted molar refractivity (Wildman–Crippen MR) is 140 cm³/mol. The van der Waals surface area contributed by atoms with Crippen LogP contribution >= 0.6 is 23.1 Å². The van der Waals surface area contributed by atoms with Crippen LogP contribution in [-0.2, 0) is 20.8 Å². The summed E-state index contributed by atoms with van der Waals surface area (Å²) in [6.45, 7) is 3.92. The molecule has 4 rings (SSSR count). The van der Waals surface area contributed by atoms with Gasteiger partial charge >= 0.3 is 11.9 Å². The predicted octanol–water partition coefficient (Wildman–Crippen LogP) is 4.21. The number of fused-ring (bicyclic) bond motifs is 1. The van der Waals surface area contributed by atoms with Crippen molar-refractivity contribution in [3.05, 3.63) is 76.1 Å². The van der Waals surface area contributed by atoms with Gasteiger partial charge in [0.15, 0.2) is 5.16 Å². The highest BCUT2D eigenvalue weighted by Crippen LogP contribution is 2.32. The third-order valence-corrected chi connectivity index (χ3v) is 7.00. The number of carbonyl (C=O) groups is 3. The summed E-state index contributed by atoms with van der Waals surface area (Å²) >= 11 is 2.38. The lowest BCUT2D eigenvalue weighted by atomic mass is 10.1. The van der Waals surface area contributed by atoms with Crippen LogP contribution in [0.15, 0.2) is 69.0 Å². The maximum Gasteiger partial charge on any atom is 0.337 e. The Bertz CT molecular complexity index is 1520. The highest BCUT2D eigenvalue weighted by Gasteiger charge is 2.20. The molecule has 0 fully saturated rings. The summed E-state index contributed by atoms with van der Waals surface area (Å²) in [7, 11) is 2.42. The number of carbonyl (C=O) groups excluding carboxylic acids is 3. The number of hydrogen-bond acceptors (Lipinski definition) is 10. The van der Waals surface area contributed by atoms with Crippen molar-refractivity contribution in [2.45, 2.75) is 11.7 Å². The third kappa shape index (κ3) is 5.49. The van der Waals surface area contributed by atoms with Gasteiger partial charge in [0, 0.05) is 23.2 Å². The average molecular weight is 540 g/mol. The largest absolute Gasteiger partial charge is 0.465 e. The molecule has 0 spiro atoms. The number of benzene rings is 1. The molecule has 0 aliphatic carbocycles. The van der Waals surface area contributed by atoms with Crippen LogP contribution in [0.3, 0.4) is 0 Å². The van der Waals surface area contributed by atoms with E-state index in [1.54, 1.807) is 18.2 Å². The number of thiophene rings is 1. The number of anilines is 1. The van der Waals surface area contributed by atoms with Gasteiger partial charge in [-0.2, -0.15) is 0 Å². The van der Waals surface area contributed by atoms with Gasteiger partial charge in [-0.1, -0.05) is 17.8 Å². The molecular formula is C25H21N3O7S2. The first-order valence-corrected chi connectivity index (χ1v) is 12.6. The quantitative estimate of drug-likeness (QED) is 0.144. The molecule has 0 atom stereocenters. The van der Waals surface area contributed by atoms with Crippen LogP contribution in [0, 0.1) is 0 Å². The monoisotopic (exact) mass is 539 g/mol. The van der Waals surface area contributed by atoms with Crippen LogP contribution in [-0.4, -0.2) is 47.4 Å². The van der Waals surface area contributed by atoms with Gasteiger partial charge in [0.1, 0.15) is 10.6 Å². The Morgan fingerprint density at radius 2 is 1.89 bits per heavy atom. The average Bonchev–Trinajstić information content (AvgIpc) is 3.58. The Balaban J connectivity index is 1.59. The van der Waals surface area contributed by atoms with E-state index in [1.165, 1.54) is 54.6 Å². The number of esters is 2. The molecule has 0 unspecified atom stereocenters. The molecule has 37 heavy (non-hydrogen) atoms. The van der Waals surface area contributed by atoms with Gasteiger partial charge in [0.05, 0.1) is 42.7 Å². The Labute approximate surface area is 218 Å². The molecule has 12 heteroatoms. The highest BCUT2D eigenvalue weighted by atomic mass is 32.2. The van der Waals surface area contributed by atoms with E-state index in [4.69, 9.17) is 13.9 Å². The van der Waals surface area contributed by atoms with Gasteiger partial charge in [-0.25, -0.2) is 14.6 Å². The van der Waals surface area contributed by atoms with Crippen molar-refractivity contribution < 1.29 is 28.3 Å². The summed E-state index contributed by atoms with van der Waals surface area (Å²) in [5.74, 6) is -1.32. The molecule has 0 saturated heterocycles. The molecule has 4 aromatic rings. The second kappa shape index (κ2) is 11.3. The van der Waals surface area contributed by atoms with E-state index in [-0.39, 0.29) is 34.7 Å². The number of aromatic nitrogens is 2. The van der Waals surface area contributed by atoms with E-state index in [0.29, 0.717) is 26.7 Å². The number of nitrogens with zero attached hydrogens (tertiary/aromatic N) is 2. The first-order chi connectivity index (χ1) is 17.9. The lowest BCUT2D eigenvalue weighted by Gasteiger charge is -2.12. The number of rotatable bonds is 9. The molecule has 1 amide bonds. The van der Waals surface area contributed by atoms with Gasteiger partial charge < -0.3 is 19.2 Å². The third-order valence-electron chi connectivity index (χ3n) is 5.15. The molecule has 0 radical (unpaired) electrons. The van der Waals surface area contributed by atoms with Crippen molar-refractivity contribution in [1.82, 2.24) is 9.55 Å².